The standard InChI is InChI=1S/C11H13BrN4O2S/c1-2-5-16-10(7-3-4-8(12)18-7)14-15-11(16)19-6-9(13)17/h3-4H,2,5-6H2,1H3,(H2,13,17). The molecule has 2 aromatic heterocycles. The zero-order valence-electron chi connectivity index (χ0n) is 10.3. The number of amides is 1. The third kappa shape index (κ3) is 3.38. The number of halogens is 1. The van der Waals surface area contributed by atoms with Gasteiger partial charge in [0, 0.05) is 6.54 Å². The van der Waals surface area contributed by atoms with Gasteiger partial charge in [0.25, 0.3) is 0 Å². The van der Waals surface area contributed by atoms with Gasteiger partial charge in [0.15, 0.2) is 15.6 Å². The second-order valence-corrected chi connectivity index (χ2v) is 5.54. The average molecular weight is 345 g/mol. The van der Waals surface area contributed by atoms with E-state index in [2.05, 4.69) is 33.1 Å². The Bertz CT molecular complexity index is 581. The third-order valence-electron chi connectivity index (χ3n) is 2.30. The summed E-state index contributed by atoms with van der Waals surface area (Å²) in [5, 5.41) is 8.88. The van der Waals surface area contributed by atoms with Gasteiger partial charge < -0.3 is 10.2 Å². The van der Waals surface area contributed by atoms with Gasteiger partial charge in [-0.25, -0.2) is 0 Å². The molecule has 0 aliphatic carbocycles. The van der Waals surface area contributed by atoms with E-state index in [9.17, 15) is 4.79 Å². The highest BCUT2D eigenvalue weighted by Crippen LogP contribution is 2.27. The first-order chi connectivity index (χ1) is 9.11. The quantitative estimate of drug-likeness (QED) is 0.812. The van der Waals surface area contributed by atoms with Crippen molar-refractivity contribution in [1.29, 1.82) is 0 Å². The molecule has 2 N–H and O–H groups in total. The number of aromatic nitrogens is 3. The Morgan fingerprint density at radius 3 is 2.89 bits per heavy atom. The van der Waals surface area contributed by atoms with Crippen LogP contribution in [0.2, 0.25) is 0 Å². The summed E-state index contributed by atoms with van der Waals surface area (Å²) in [5.74, 6) is 1.10. The molecular formula is C11H13BrN4O2S. The third-order valence-corrected chi connectivity index (χ3v) is 3.72. The van der Waals surface area contributed by atoms with Crippen molar-refractivity contribution in [3.63, 3.8) is 0 Å². The molecule has 102 valence electrons. The second kappa shape index (κ2) is 6.25. The molecule has 19 heavy (non-hydrogen) atoms. The summed E-state index contributed by atoms with van der Waals surface area (Å²) in [6.45, 7) is 2.81. The number of rotatable bonds is 6. The predicted molar refractivity (Wildman–Crippen MR) is 75.6 cm³/mol. The molecule has 0 spiro atoms. The fourth-order valence-electron chi connectivity index (χ4n) is 1.57. The summed E-state index contributed by atoms with van der Waals surface area (Å²) in [6, 6.07) is 3.62. The molecule has 0 atom stereocenters. The van der Waals surface area contributed by atoms with Gasteiger partial charge >= 0.3 is 0 Å². The predicted octanol–water partition coefficient (Wildman–Crippen LogP) is 2.29. The molecule has 0 aliphatic heterocycles. The lowest BCUT2D eigenvalue weighted by molar-refractivity contribution is -0.115. The number of hydrogen-bond acceptors (Lipinski definition) is 5. The van der Waals surface area contributed by atoms with E-state index in [1.165, 1.54) is 11.8 Å². The minimum Gasteiger partial charge on any atom is -0.446 e. The number of carbonyl (C=O) groups excluding carboxylic acids is 1. The minimum atomic E-state index is -0.377. The van der Waals surface area contributed by atoms with Crippen molar-refractivity contribution in [1.82, 2.24) is 14.8 Å². The molecule has 2 rings (SSSR count). The van der Waals surface area contributed by atoms with Crippen LogP contribution in [-0.4, -0.2) is 26.4 Å². The first kappa shape index (κ1) is 14.1. The first-order valence-corrected chi connectivity index (χ1v) is 7.49. The maximum absolute atomic E-state index is 10.8. The largest absolute Gasteiger partial charge is 0.446 e. The summed E-state index contributed by atoms with van der Waals surface area (Å²) in [6.07, 6.45) is 0.928. The van der Waals surface area contributed by atoms with Gasteiger partial charge in [-0.3, -0.25) is 9.36 Å². The Morgan fingerprint density at radius 1 is 1.53 bits per heavy atom. The van der Waals surface area contributed by atoms with Crippen LogP contribution in [0.4, 0.5) is 0 Å². The highest BCUT2D eigenvalue weighted by molar-refractivity contribution is 9.10. The van der Waals surface area contributed by atoms with E-state index < -0.39 is 0 Å². The Kier molecular flexibility index (Phi) is 4.65. The zero-order valence-corrected chi connectivity index (χ0v) is 12.7. The molecule has 1 amide bonds. The molecule has 0 radical (unpaired) electrons. The molecule has 6 nitrogen and oxygen atoms in total. The van der Waals surface area contributed by atoms with E-state index in [0.717, 1.165) is 13.0 Å². The van der Waals surface area contributed by atoms with E-state index in [4.69, 9.17) is 10.2 Å². The van der Waals surface area contributed by atoms with Crippen molar-refractivity contribution in [2.24, 2.45) is 5.73 Å². The van der Waals surface area contributed by atoms with Crippen molar-refractivity contribution in [2.75, 3.05) is 5.75 Å². The fraction of sp³-hybridized carbons (Fsp3) is 0.364. The van der Waals surface area contributed by atoms with Crippen LogP contribution in [0.3, 0.4) is 0 Å². The van der Waals surface area contributed by atoms with Crippen molar-refractivity contribution in [2.45, 2.75) is 25.0 Å². The van der Waals surface area contributed by atoms with E-state index in [0.29, 0.717) is 21.4 Å². The number of carbonyl (C=O) groups is 1. The van der Waals surface area contributed by atoms with Crippen LogP contribution in [0.25, 0.3) is 11.6 Å². The highest BCUT2D eigenvalue weighted by atomic mass is 79.9. The maximum atomic E-state index is 10.8. The molecule has 0 aliphatic rings. The lowest BCUT2D eigenvalue weighted by Gasteiger charge is -2.06. The van der Waals surface area contributed by atoms with Crippen LogP contribution < -0.4 is 5.73 Å². The monoisotopic (exact) mass is 344 g/mol. The van der Waals surface area contributed by atoms with E-state index >= 15 is 0 Å². The average Bonchev–Trinajstić information content (AvgIpc) is 2.94. The van der Waals surface area contributed by atoms with Gasteiger partial charge in [0.1, 0.15) is 0 Å². The van der Waals surface area contributed by atoms with Gasteiger partial charge in [0.05, 0.1) is 5.75 Å². The maximum Gasteiger partial charge on any atom is 0.227 e. The number of furan rings is 1. The van der Waals surface area contributed by atoms with Gasteiger partial charge in [-0.2, -0.15) is 0 Å². The molecule has 0 saturated carbocycles. The van der Waals surface area contributed by atoms with Crippen molar-refractivity contribution < 1.29 is 9.21 Å². The first-order valence-electron chi connectivity index (χ1n) is 5.71. The van der Waals surface area contributed by atoms with E-state index in [-0.39, 0.29) is 11.7 Å². The van der Waals surface area contributed by atoms with Gasteiger partial charge in [-0.1, -0.05) is 18.7 Å². The van der Waals surface area contributed by atoms with Crippen LogP contribution in [0.5, 0.6) is 0 Å². The highest BCUT2D eigenvalue weighted by Gasteiger charge is 2.16. The summed E-state index contributed by atoms with van der Waals surface area (Å²) in [5.41, 5.74) is 5.14. The topological polar surface area (TPSA) is 86.9 Å². The van der Waals surface area contributed by atoms with Gasteiger partial charge in [-0.05, 0) is 34.5 Å². The van der Waals surface area contributed by atoms with Crippen molar-refractivity contribution in [3.8, 4) is 11.6 Å². The Labute approximate surface area is 122 Å². The van der Waals surface area contributed by atoms with Crippen LogP contribution in [0.1, 0.15) is 13.3 Å². The number of thioether (sulfide) groups is 1. The summed E-state index contributed by atoms with van der Waals surface area (Å²) >= 11 is 4.54. The molecule has 2 heterocycles. The number of hydrogen-bond donors (Lipinski definition) is 1. The van der Waals surface area contributed by atoms with Crippen molar-refractivity contribution >= 4 is 33.6 Å². The summed E-state index contributed by atoms with van der Waals surface area (Å²) in [7, 11) is 0. The minimum absolute atomic E-state index is 0.184. The second-order valence-electron chi connectivity index (χ2n) is 3.82. The smallest absolute Gasteiger partial charge is 0.227 e. The molecule has 2 aromatic rings. The Morgan fingerprint density at radius 2 is 2.32 bits per heavy atom. The molecule has 0 saturated heterocycles. The lowest BCUT2D eigenvalue weighted by atomic mass is 10.4. The molecule has 0 fully saturated rings. The van der Waals surface area contributed by atoms with Crippen LogP contribution in [0.15, 0.2) is 26.4 Å². The summed E-state index contributed by atoms with van der Waals surface area (Å²) in [4.78, 5) is 10.8. The van der Waals surface area contributed by atoms with Crippen LogP contribution in [-0.2, 0) is 11.3 Å². The van der Waals surface area contributed by atoms with E-state index in [1.807, 2.05) is 10.6 Å². The summed E-state index contributed by atoms with van der Waals surface area (Å²) < 4.78 is 8.06. The molecule has 8 heteroatoms. The Balaban J connectivity index is 2.31. The number of nitrogens with two attached hydrogens (primary N) is 1. The van der Waals surface area contributed by atoms with E-state index in [1.54, 1.807) is 6.07 Å². The van der Waals surface area contributed by atoms with Crippen LogP contribution in [0, 0.1) is 0 Å². The SMILES string of the molecule is CCCn1c(SCC(N)=O)nnc1-c1ccc(Br)o1. The van der Waals surface area contributed by atoms with Crippen LogP contribution >= 0.6 is 27.7 Å². The Hall–Kier alpha value is -1.28. The van der Waals surface area contributed by atoms with Gasteiger partial charge in [-0.15, -0.1) is 10.2 Å². The molecule has 0 bridgehead atoms. The number of nitrogens with zero attached hydrogens (tertiary/aromatic N) is 3. The molecule has 0 unspecified atom stereocenters. The fourth-order valence-corrected chi connectivity index (χ4v) is 2.58. The number of primary amides is 1. The molecule has 0 aromatic carbocycles. The lowest BCUT2D eigenvalue weighted by Crippen LogP contribution is -2.14. The van der Waals surface area contributed by atoms with Gasteiger partial charge in [0.2, 0.25) is 11.7 Å². The molecular weight excluding hydrogens is 332 g/mol. The van der Waals surface area contributed by atoms with Crippen molar-refractivity contribution in [3.05, 3.63) is 16.8 Å². The zero-order chi connectivity index (χ0) is 13.8. The normalized spacial score (nSPS) is 10.8.